The summed E-state index contributed by atoms with van der Waals surface area (Å²) in [4.78, 5) is 41.7. The van der Waals surface area contributed by atoms with Crippen molar-refractivity contribution in [3.8, 4) is 11.5 Å². The van der Waals surface area contributed by atoms with Crippen molar-refractivity contribution < 1.29 is 29.0 Å². The van der Waals surface area contributed by atoms with E-state index in [4.69, 9.17) is 9.47 Å². The predicted octanol–water partition coefficient (Wildman–Crippen LogP) is 8.06. The van der Waals surface area contributed by atoms with Crippen LogP contribution in [-0.4, -0.2) is 40.7 Å². The number of aromatic carboxylic acids is 1. The zero-order valence-electron chi connectivity index (χ0n) is 26.5. The highest BCUT2D eigenvalue weighted by atomic mass is 127. The standard InChI is InChI=1S/C36H42INO6/c1-7-13-38-25-16-35(3,4)18-27(39)31(25)30(32-26(38)17-36(5,6)19-28(32)40)23-14-24(37)33(29(15-23)43-8-2)44-20-21-9-11-22(12-10-21)34(41)42/h9-12,14-15,30H,7-8,13,16-20H2,1-6H3,(H,41,42). The van der Waals surface area contributed by atoms with Crippen LogP contribution in [0.4, 0.5) is 0 Å². The van der Waals surface area contributed by atoms with Gasteiger partial charge in [0.15, 0.2) is 23.1 Å². The normalized spacial score (nSPS) is 19.6. The number of nitrogens with zero attached hydrogens (tertiary/aromatic N) is 1. The van der Waals surface area contributed by atoms with Gasteiger partial charge in [0.05, 0.1) is 15.7 Å². The highest BCUT2D eigenvalue weighted by Gasteiger charge is 2.49. The Labute approximate surface area is 273 Å². The number of Topliss-reactive ketones (excluding diaryl/α,β-unsaturated/α-hetero) is 2. The van der Waals surface area contributed by atoms with Crippen molar-refractivity contribution in [1.29, 1.82) is 0 Å². The first-order chi connectivity index (χ1) is 20.7. The van der Waals surface area contributed by atoms with E-state index in [0.29, 0.717) is 30.9 Å². The molecule has 0 spiro atoms. The number of benzene rings is 2. The van der Waals surface area contributed by atoms with E-state index in [9.17, 15) is 19.5 Å². The Morgan fingerprint density at radius 2 is 1.48 bits per heavy atom. The van der Waals surface area contributed by atoms with Crippen LogP contribution >= 0.6 is 22.6 Å². The number of ether oxygens (including phenoxy) is 2. The second kappa shape index (κ2) is 12.3. The molecule has 0 unspecified atom stereocenters. The number of rotatable bonds is 9. The van der Waals surface area contributed by atoms with Gasteiger partial charge >= 0.3 is 5.97 Å². The summed E-state index contributed by atoms with van der Waals surface area (Å²) in [5.41, 5.74) is 5.25. The van der Waals surface area contributed by atoms with Gasteiger partial charge in [0.25, 0.3) is 0 Å². The summed E-state index contributed by atoms with van der Waals surface area (Å²) in [6, 6.07) is 10.6. The molecule has 0 saturated carbocycles. The minimum absolute atomic E-state index is 0.115. The van der Waals surface area contributed by atoms with E-state index in [1.54, 1.807) is 24.3 Å². The molecule has 2 aromatic carbocycles. The Morgan fingerprint density at radius 1 is 0.909 bits per heavy atom. The van der Waals surface area contributed by atoms with Crippen LogP contribution < -0.4 is 9.47 Å². The lowest BCUT2D eigenvalue weighted by molar-refractivity contribution is -0.119. The fourth-order valence-electron chi connectivity index (χ4n) is 6.93. The molecule has 44 heavy (non-hydrogen) atoms. The molecule has 0 saturated heterocycles. The van der Waals surface area contributed by atoms with Gasteiger partial charge in [0, 0.05) is 47.8 Å². The minimum atomic E-state index is -0.974. The molecule has 0 amide bonds. The third kappa shape index (κ3) is 6.32. The molecule has 0 fully saturated rings. The fourth-order valence-corrected chi connectivity index (χ4v) is 7.71. The molecule has 8 heteroatoms. The summed E-state index contributed by atoms with van der Waals surface area (Å²) in [7, 11) is 0. The molecule has 5 rings (SSSR count). The number of ketones is 2. The summed E-state index contributed by atoms with van der Waals surface area (Å²) < 4.78 is 13.2. The van der Waals surface area contributed by atoms with Crippen molar-refractivity contribution in [2.24, 2.45) is 10.8 Å². The van der Waals surface area contributed by atoms with Crippen LogP contribution in [0.25, 0.3) is 0 Å². The molecular weight excluding hydrogens is 669 g/mol. The number of hydrogen-bond acceptors (Lipinski definition) is 6. The number of carboxylic acids is 1. The van der Waals surface area contributed by atoms with E-state index in [2.05, 4.69) is 62.1 Å². The van der Waals surface area contributed by atoms with Crippen molar-refractivity contribution in [2.45, 2.75) is 86.2 Å². The van der Waals surface area contributed by atoms with Gasteiger partial charge in [0.1, 0.15) is 6.61 Å². The van der Waals surface area contributed by atoms with Gasteiger partial charge in [-0.15, -0.1) is 0 Å². The molecule has 0 radical (unpaired) electrons. The molecule has 1 heterocycles. The van der Waals surface area contributed by atoms with E-state index in [1.165, 1.54) is 0 Å². The summed E-state index contributed by atoms with van der Waals surface area (Å²) in [5.74, 6) is -0.0557. The average Bonchev–Trinajstić information content (AvgIpc) is 2.92. The van der Waals surface area contributed by atoms with Crippen LogP contribution in [0, 0.1) is 14.4 Å². The van der Waals surface area contributed by atoms with Gasteiger partial charge in [-0.25, -0.2) is 4.79 Å². The third-order valence-electron chi connectivity index (χ3n) is 8.72. The van der Waals surface area contributed by atoms with Crippen LogP contribution in [0.1, 0.15) is 101 Å². The van der Waals surface area contributed by atoms with E-state index < -0.39 is 11.9 Å². The van der Waals surface area contributed by atoms with E-state index in [1.807, 2.05) is 19.1 Å². The predicted molar refractivity (Wildman–Crippen MR) is 178 cm³/mol. The third-order valence-corrected chi connectivity index (χ3v) is 9.52. The maximum Gasteiger partial charge on any atom is 0.335 e. The van der Waals surface area contributed by atoms with Crippen LogP contribution in [0.15, 0.2) is 58.9 Å². The van der Waals surface area contributed by atoms with E-state index in [0.717, 1.165) is 63.0 Å². The monoisotopic (exact) mass is 711 g/mol. The lowest BCUT2D eigenvalue weighted by Gasteiger charge is -2.49. The first-order valence-electron chi connectivity index (χ1n) is 15.5. The van der Waals surface area contributed by atoms with Crippen LogP contribution in [0.2, 0.25) is 0 Å². The van der Waals surface area contributed by atoms with Gasteiger partial charge in [-0.1, -0.05) is 46.8 Å². The number of hydrogen-bond donors (Lipinski definition) is 1. The van der Waals surface area contributed by atoms with Gasteiger partial charge in [-0.2, -0.15) is 0 Å². The quantitative estimate of drug-likeness (QED) is 0.263. The van der Waals surface area contributed by atoms with E-state index in [-0.39, 0.29) is 34.6 Å². The molecule has 2 aromatic rings. The van der Waals surface area contributed by atoms with Crippen molar-refractivity contribution in [3.63, 3.8) is 0 Å². The summed E-state index contributed by atoms with van der Waals surface area (Å²) in [6.07, 6.45) is 3.38. The summed E-state index contributed by atoms with van der Waals surface area (Å²) in [5, 5.41) is 9.22. The smallest absolute Gasteiger partial charge is 0.335 e. The topological polar surface area (TPSA) is 93.1 Å². The Balaban J connectivity index is 1.62. The zero-order chi connectivity index (χ0) is 32.0. The number of allylic oxidation sites excluding steroid dienone is 4. The number of halogens is 1. The van der Waals surface area contributed by atoms with Gasteiger partial charge < -0.3 is 19.5 Å². The highest BCUT2D eigenvalue weighted by Crippen LogP contribution is 2.55. The van der Waals surface area contributed by atoms with Gasteiger partial charge in [0.2, 0.25) is 0 Å². The number of carboxylic acid groups (broad SMARTS) is 1. The SMILES string of the molecule is CCCN1C2=C(C(=O)CC(C)(C)C2)C(c2cc(I)c(OCc3ccc(C(=O)O)cc3)c(OCC)c2)C2=C1CC(C)(C)CC2=O. The lowest BCUT2D eigenvalue weighted by atomic mass is 9.63. The molecule has 7 nitrogen and oxygen atoms in total. The van der Waals surface area contributed by atoms with Crippen molar-refractivity contribution in [2.75, 3.05) is 13.2 Å². The Bertz CT molecular complexity index is 1510. The van der Waals surface area contributed by atoms with E-state index >= 15 is 0 Å². The Morgan fingerprint density at radius 3 is 1.98 bits per heavy atom. The lowest BCUT2D eigenvalue weighted by Crippen LogP contribution is -2.44. The van der Waals surface area contributed by atoms with Crippen LogP contribution in [0.3, 0.4) is 0 Å². The molecule has 0 bridgehead atoms. The minimum Gasteiger partial charge on any atom is -0.490 e. The molecule has 234 valence electrons. The number of carbonyl (C=O) groups is 3. The van der Waals surface area contributed by atoms with Crippen molar-refractivity contribution in [3.05, 3.63) is 79.2 Å². The molecule has 3 aliphatic rings. The van der Waals surface area contributed by atoms with Crippen molar-refractivity contribution >= 4 is 40.1 Å². The first kappa shape index (κ1) is 32.3. The van der Waals surface area contributed by atoms with Gasteiger partial charge in [-0.3, -0.25) is 9.59 Å². The summed E-state index contributed by atoms with van der Waals surface area (Å²) >= 11 is 2.24. The Kier molecular flexibility index (Phi) is 9.04. The molecule has 2 aliphatic carbocycles. The maximum atomic E-state index is 14.1. The molecular formula is C36H42INO6. The van der Waals surface area contributed by atoms with Crippen LogP contribution in [0.5, 0.6) is 11.5 Å². The van der Waals surface area contributed by atoms with Crippen molar-refractivity contribution in [1.82, 2.24) is 4.90 Å². The Hall–Kier alpha value is -3.14. The second-order valence-corrected chi connectivity index (χ2v) is 14.9. The molecule has 1 aliphatic heterocycles. The number of carbonyl (C=O) groups excluding carboxylic acids is 2. The second-order valence-electron chi connectivity index (χ2n) is 13.7. The molecule has 0 aromatic heterocycles. The fraction of sp³-hybridized carbons (Fsp3) is 0.472. The largest absolute Gasteiger partial charge is 0.490 e. The summed E-state index contributed by atoms with van der Waals surface area (Å²) in [6.45, 7) is 14.1. The highest BCUT2D eigenvalue weighted by molar-refractivity contribution is 14.1. The average molecular weight is 712 g/mol. The first-order valence-corrected chi connectivity index (χ1v) is 16.5. The van der Waals surface area contributed by atoms with Crippen LogP contribution in [-0.2, 0) is 16.2 Å². The maximum absolute atomic E-state index is 14.1. The van der Waals surface area contributed by atoms with Gasteiger partial charge in [-0.05, 0) is 95.0 Å². The zero-order valence-corrected chi connectivity index (χ0v) is 28.7. The molecule has 0 atom stereocenters. The molecule has 1 N–H and O–H groups in total.